The number of rotatable bonds is 8. The van der Waals surface area contributed by atoms with E-state index in [1.807, 2.05) is 54.8 Å². The molecule has 0 unspecified atom stereocenters. The monoisotopic (exact) mass is 479 g/mol. The molecule has 176 valence electrons. The molecule has 0 saturated carbocycles. The molecule has 0 N–H and O–H groups in total. The van der Waals surface area contributed by atoms with E-state index in [1.54, 1.807) is 25.3 Å². The Kier molecular flexibility index (Phi) is 6.86. The number of Topliss-reactive ketones (excluding diaryl/α,β-unsaturated/α-hetero) is 1. The van der Waals surface area contributed by atoms with E-state index in [2.05, 4.69) is 0 Å². The Balaban J connectivity index is 1.80. The van der Waals surface area contributed by atoms with Gasteiger partial charge >= 0.3 is 11.1 Å². The molecule has 0 saturated heterocycles. The molecule has 0 aliphatic heterocycles. The molecule has 0 aliphatic rings. The molecule has 0 atom stereocenters. The third kappa shape index (κ3) is 4.49. The van der Waals surface area contributed by atoms with Crippen molar-refractivity contribution in [1.29, 1.82) is 0 Å². The summed E-state index contributed by atoms with van der Waals surface area (Å²) >= 11 is 6.24. The lowest BCUT2D eigenvalue weighted by Gasteiger charge is -2.15. The maximum absolute atomic E-state index is 13.3. The normalized spacial score (nSPS) is 11.3. The van der Waals surface area contributed by atoms with Crippen molar-refractivity contribution in [3.8, 4) is 0 Å². The number of ether oxygens (including phenoxy) is 1. The molecular weight excluding hydrogens is 454 g/mol. The van der Waals surface area contributed by atoms with E-state index in [-0.39, 0.29) is 18.9 Å². The fourth-order valence-corrected chi connectivity index (χ4v) is 4.48. The summed E-state index contributed by atoms with van der Waals surface area (Å²) < 4.78 is 9.83. The van der Waals surface area contributed by atoms with Crippen LogP contribution in [0, 0.1) is 13.8 Å². The maximum atomic E-state index is 13.3. The van der Waals surface area contributed by atoms with E-state index in [0.29, 0.717) is 34.8 Å². The second kappa shape index (κ2) is 9.83. The van der Waals surface area contributed by atoms with Crippen LogP contribution in [0.2, 0.25) is 5.02 Å². The third-order valence-electron chi connectivity index (χ3n) is 6.07. The molecular formula is C26H26ClN3O4. The molecule has 8 heteroatoms. The summed E-state index contributed by atoms with van der Waals surface area (Å²) in [4.78, 5) is 39.6. The smallest absolute Gasteiger partial charge is 0.317 e. The lowest BCUT2D eigenvalue weighted by Crippen LogP contribution is -2.42. The molecule has 0 bridgehead atoms. The first-order valence-corrected chi connectivity index (χ1v) is 11.3. The molecule has 7 nitrogen and oxygen atoms in total. The Bertz CT molecular complexity index is 1480. The lowest BCUT2D eigenvalue weighted by atomic mass is 10.1. The highest BCUT2D eigenvalue weighted by atomic mass is 35.5. The number of methoxy groups -OCH3 is 1. The van der Waals surface area contributed by atoms with Crippen LogP contribution in [0.15, 0.2) is 64.2 Å². The molecule has 0 fully saturated rings. The number of carbonyl (C=O) groups is 1. The average Bonchev–Trinajstić information content (AvgIpc) is 3.12. The summed E-state index contributed by atoms with van der Waals surface area (Å²) in [6.45, 7) is 4.91. The molecule has 4 rings (SSSR count). The number of ketones is 1. The van der Waals surface area contributed by atoms with Crippen molar-refractivity contribution in [1.82, 2.24) is 13.7 Å². The standard InChI is InChI=1S/C26H26ClN3O4/c1-17-13-21(18(2)28(17)11-12-34-3)24(31)16-30-23-14-20(27)9-10-22(23)29(25(32)26(30)33)15-19-7-5-4-6-8-19/h4-10,13-14H,11-12,15-16H2,1-3H3. The van der Waals surface area contributed by atoms with E-state index >= 15 is 0 Å². The molecule has 0 amide bonds. The predicted molar refractivity (Wildman–Crippen MR) is 133 cm³/mol. The Morgan fingerprint density at radius 1 is 0.912 bits per heavy atom. The van der Waals surface area contributed by atoms with Crippen LogP contribution in [-0.2, 0) is 24.4 Å². The van der Waals surface area contributed by atoms with Gasteiger partial charge < -0.3 is 9.30 Å². The van der Waals surface area contributed by atoms with Gasteiger partial charge in [-0.1, -0.05) is 41.9 Å². The number of halogens is 1. The van der Waals surface area contributed by atoms with Crippen LogP contribution in [0.5, 0.6) is 0 Å². The van der Waals surface area contributed by atoms with E-state index in [4.69, 9.17) is 16.3 Å². The van der Waals surface area contributed by atoms with Gasteiger partial charge in [0.2, 0.25) is 0 Å². The van der Waals surface area contributed by atoms with Crippen molar-refractivity contribution in [2.24, 2.45) is 0 Å². The van der Waals surface area contributed by atoms with Gasteiger partial charge in [-0.2, -0.15) is 0 Å². The maximum Gasteiger partial charge on any atom is 0.317 e. The molecule has 4 aromatic rings. The van der Waals surface area contributed by atoms with Crippen molar-refractivity contribution >= 4 is 28.4 Å². The minimum absolute atomic E-state index is 0.239. The molecule has 0 aliphatic carbocycles. The summed E-state index contributed by atoms with van der Waals surface area (Å²) in [5.41, 5.74) is 2.67. The molecule has 2 heterocycles. The number of fused-ring (bicyclic) bond motifs is 1. The van der Waals surface area contributed by atoms with Gasteiger partial charge in [-0.3, -0.25) is 23.5 Å². The molecule has 0 spiro atoms. The van der Waals surface area contributed by atoms with Gasteiger partial charge in [-0.05, 0) is 43.7 Å². The van der Waals surface area contributed by atoms with Crippen molar-refractivity contribution in [3.63, 3.8) is 0 Å². The average molecular weight is 480 g/mol. The van der Waals surface area contributed by atoms with E-state index in [1.165, 1.54) is 9.13 Å². The highest BCUT2D eigenvalue weighted by molar-refractivity contribution is 6.31. The SMILES string of the molecule is COCCn1c(C)cc(C(=O)Cn2c(=O)c(=O)n(Cc3ccccc3)c3ccc(Cl)cc32)c1C. The van der Waals surface area contributed by atoms with Crippen LogP contribution < -0.4 is 11.1 Å². The summed E-state index contributed by atoms with van der Waals surface area (Å²) in [7, 11) is 1.63. The van der Waals surface area contributed by atoms with Crippen molar-refractivity contribution in [2.75, 3.05) is 13.7 Å². The van der Waals surface area contributed by atoms with Gasteiger partial charge in [0.1, 0.15) is 0 Å². The number of hydrogen-bond acceptors (Lipinski definition) is 4. The molecule has 2 aromatic heterocycles. The number of nitrogens with zero attached hydrogens (tertiary/aromatic N) is 3. The van der Waals surface area contributed by atoms with E-state index in [9.17, 15) is 14.4 Å². The zero-order chi connectivity index (χ0) is 24.4. The summed E-state index contributed by atoms with van der Waals surface area (Å²) in [6.07, 6.45) is 0. The molecule has 34 heavy (non-hydrogen) atoms. The van der Waals surface area contributed by atoms with Crippen LogP contribution in [-0.4, -0.2) is 33.2 Å². The van der Waals surface area contributed by atoms with Gasteiger partial charge in [0.15, 0.2) is 5.78 Å². The highest BCUT2D eigenvalue weighted by Gasteiger charge is 2.20. The van der Waals surface area contributed by atoms with Crippen LogP contribution in [0.25, 0.3) is 11.0 Å². The van der Waals surface area contributed by atoms with Gasteiger partial charge in [0, 0.05) is 35.6 Å². The third-order valence-corrected chi connectivity index (χ3v) is 6.31. The summed E-state index contributed by atoms with van der Waals surface area (Å²) in [5, 5.41) is 0.413. The second-order valence-corrected chi connectivity index (χ2v) is 8.69. The van der Waals surface area contributed by atoms with Gasteiger partial charge in [0.05, 0.1) is 30.7 Å². The Hall–Kier alpha value is -3.42. The number of aromatic nitrogens is 3. The Morgan fingerprint density at radius 2 is 1.62 bits per heavy atom. The molecule has 2 aromatic carbocycles. The topological polar surface area (TPSA) is 75.2 Å². The van der Waals surface area contributed by atoms with E-state index < -0.39 is 11.1 Å². The Labute approximate surface area is 201 Å². The number of hydrogen-bond donors (Lipinski definition) is 0. The zero-order valence-corrected chi connectivity index (χ0v) is 20.1. The quantitative estimate of drug-likeness (QED) is 0.284. The van der Waals surface area contributed by atoms with Crippen LogP contribution in [0.3, 0.4) is 0 Å². The van der Waals surface area contributed by atoms with Gasteiger partial charge in [-0.15, -0.1) is 0 Å². The van der Waals surface area contributed by atoms with E-state index in [0.717, 1.165) is 17.0 Å². The van der Waals surface area contributed by atoms with Crippen molar-refractivity contribution < 1.29 is 9.53 Å². The number of carbonyl (C=O) groups excluding carboxylic acids is 1. The van der Waals surface area contributed by atoms with Crippen molar-refractivity contribution in [2.45, 2.75) is 33.5 Å². The predicted octanol–water partition coefficient (Wildman–Crippen LogP) is 3.81. The summed E-state index contributed by atoms with van der Waals surface area (Å²) in [5.74, 6) is -0.250. The minimum atomic E-state index is -0.757. The first-order chi connectivity index (χ1) is 16.3. The van der Waals surface area contributed by atoms with Gasteiger partial charge in [0.25, 0.3) is 0 Å². The largest absolute Gasteiger partial charge is 0.383 e. The lowest BCUT2D eigenvalue weighted by molar-refractivity contribution is 0.0971. The number of benzene rings is 2. The fraction of sp³-hybridized carbons (Fsp3) is 0.269. The Morgan fingerprint density at radius 3 is 2.32 bits per heavy atom. The van der Waals surface area contributed by atoms with Crippen molar-refractivity contribution in [3.05, 3.63) is 103 Å². The zero-order valence-electron chi connectivity index (χ0n) is 19.4. The number of aryl methyl sites for hydroxylation is 1. The van der Waals surface area contributed by atoms with Crippen LogP contribution in [0.4, 0.5) is 0 Å². The second-order valence-electron chi connectivity index (χ2n) is 8.25. The van der Waals surface area contributed by atoms with Gasteiger partial charge in [-0.25, -0.2) is 0 Å². The first-order valence-electron chi connectivity index (χ1n) is 11.0. The fourth-order valence-electron chi connectivity index (χ4n) is 4.31. The minimum Gasteiger partial charge on any atom is -0.383 e. The first kappa shape index (κ1) is 23.7. The van der Waals surface area contributed by atoms with Crippen LogP contribution >= 0.6 is 11.6 Å². The van der Waals surface area contributed by atoms with Crippen LogP contribution in [0.1, 0.15) is 27.3 Å². The summed E-state index contributed by atoms with van der Waals surface area (Å²) in [6, 6.07) is 16.2. The molecule has 0 radical (unpaired) electrons. The highest BCUT2D eigenvalue weighted by Crippen LogP contribution is 2.20.